The van der Waals surface area contributed by atoms with E-state index in [-0.39, 0.29) is 12.1 Å². The third-order valence-corrected chi connectivity index (χ3v) is 7.01. The van der Waals surface area contributed by atoms with Gasteiger partial charge in [-0.05, 0) is 62.2 Å². The quantitative estimate of drug-likeness (QED) is 0.764. The molecule has 5 rings (SSSR count). The molecule has 0 amide bonds. The smallest absolute Gasteiger partial charge is 0.170 e. The van der Waals surface area contributed by atoms with Gasteiger partial charge in [-0.15, -0.1) is 0 Å². The summed E-state index contributed by atoms with van der Waals surface area (Å²) < 4.78 is 2.55. The molecule has 1 aliphatic heterocycles. The number of nitrogens with zero attached hydrogens (tertiary/aromatic N) is 3. The van der Waals surface area contributed by atoms with Gasteiger partial charge in [0.05, 0.1) is 17.8 Å². The molecule has 142 valence electrons. The predicted molar refractivity (Wildman–Crippen MR) is 111 cm³/mol. The summed E-state index contributed by atoms with van der Waals surface area (Å²) in [5.74, 6) is 0. The number of hydrogen-bond acceptors (Lipinski definition) is 2. The van der Waals surface area contributed by atoms with Gasteiger partial charge in [0.15, 0.2) is 5.11 Å². The van der Waals surface area contributed by atoms with Crippen molar-refractivity contribution >= 4 is 17.3 Å². The lowest BCUT2D eigenvalue weighted by atomic mass is 9.99. The van der Waals surface area contributed by atoms with E-state index in [0.29, 0.717) is 12.1 Å². The Hall–Kier alpha value is -1.88. The molecule has 2 atom stereocenters. The Morgan fingerprint density at radius 3 is 2.37 bits per heavy atom. The van der Waals surface area contributed by atoms with E-state index in [1.165, 1.54) is 57.1 Å². The van der Waals surface area contributed by atoms with Crippen molar-refractivity contribution < 1.29 is 0 Å². The fraction of sp³-hybridized carbons (Fsp3) is 0.545. The van der Waals surface area contributed by atoms with Crippen LogP contribution >= 0.6 is 12.2 Å². The van der Waals surface area contributed by atoms with Gasteiger partial charge in [-0.2, -0.15) is 0 Å². The Balaban J connectivity index is 1.57. The summed E-state index contributed by atoms with van der Waals surface area (Å²) in [4.78, 5) is 7.20. The molecular weight excluding hydrogens is 352 g/mol. The highest BCUT2D eigenvalue weighted by molar-refractivity contribution is 7.80. The molecule has 3 heterocycles. The van der Waals surface area contributed by atoms with Crippen LogP contribution in [0.2, 0.25) is 0 Å². The average molecular weight is 381 g/mol. The number of nitrogens with one attached hydrogen (secondary N) is 1. The van der Waals surface area contributed by atoms with Crippen LogP contribution in [-0.4, -0.2) is 25.6 Å². The fourth-order valence-corrected chi connectivity index (χ4v) is 5.82. The molecule has 3 fully saturated rings. The standard InChI is InChI=1S/C22H28N4S/c27-22-24-20(18-12-5-6-14-23-18)21(26(22)17-10-3-4-11-17)19-13-7-15-25(19)16-8-1-2-9-16/h5-7,12-17,20-21H,1-4,8-11H2,(H,24,27)/t20-,21+/m1/s1. The largest absolute Gasteiger partial charge is 0.352 e. The van der Waals surface area contributed by atoms with E-state index >= 15 is 0 Å². The molecule has 2 saturated carbocycles. The van der Waals surface area contributed by atoms with E-state index < -0.39 is 0 Å². The summed E-state index contributed by atoms with van der Waals surface area (Å²) in [7, 11) is 0. The Bertz CT molecular complexity index is 790. The Labute approximate surface area is 167 Å². The molecule has 5 heteroatoms. The van der Waals surface area contributed by atoms with Crippen LogP contribution in [0.25, 0.3) is 0 Å². The zero-order valence-corrected chi connectivity index (χ0v) is 16.6. The maximum atomic E-state index is 5.86. The van der Waals surface area contributed by atoms with E-state index in [2.05, 4.69) is 50.2 Å². The maximum Gasteiger partial charge on any atom is 0.170 e. The van der Waals surface area contributed by atoms with Crippen molar-refractivity contribution in [3.8, 4) is 0 Å². The number of rotatable bonds is 4. The first-order valence-corrected chi connectivity index (χ1v) is 10.9. The molecule has 0 bridgehead atoms. The van der Waals surface area contributed by atoms with Crippen LogP contribution in [0, 0.1) is 0 Å². The highest BCUT2D eigenvalue weighted by atomic mass is 32.1. The van der Waals surface area contributed by atoms with E-state index in [4.69, 9.17) is 12.2 Å². The molecule has 0 spiro atoms. The van der Waals surface area contributed by atoms with Gasteiger partial charge < -0.3 is 14.8 Å². The molecule has 0 aromatic carbocycles. The maximum absolute atomic E-state index is 5.86. The van der Waals surface area contributed by atoms with Crippen LogP contribution in [0.4, 0.5) is 0 Å². The second-order valence-corrected chi connectivity index (χ2v) is 8.64. The van der Waals surface area contributed by atoms with Crippen LogP contribution in [0.15, 0.2) is 42.7 Å². The molecule has 2 aromatic rings. The third-order valence-electron chi connectivity index (χ3n) is 6.69. The van der Waals surface area contributed by atoms with Crippen molar-refractivity contribution in [3.63, 3.8) is 0 Å². The normalized spacial score (nSPS) is 26.8. The van der Waals surface area contributed by atoms with Crippen LogP contribution in [0.1, 0.15) is 80.9 Å². The average Bonchev–Trinajstić information content (AvgIpc) is 3.46. The minimum absolute atomic E-state index is 0.120. The Kier molecular flexibility index (Phi) is 4.64. The SMILES string of the molecule is S=C1N[C@H](c2ccccn2)[C@H](c2cccn2C2CCCC2)N1C1CCCC1. The molecular formula is C22H28N4S. The predicted octanol–water partition coefficient (Wildman–Crippen LogP) is 4.91. The molecule has 2 aliphatic carbocycles. The van der Waals surface area contributed by atoms with E-state index in [1.807, 2.05) is 12.3 Å². The number of hydrogen-bond donors (Lipinski definition) is 1. The van der Waals surface area contributed by atoms with Gasteiger partial charge in [0, 0.05) is 30.2 Å². The lowest BCUT2D eigenvalue weighted by Gasteiger charge is -2.34. The van der Waals surface area contributed by atoms with E-state index in [1.54, 1.807) is 0 Å². The van der Waals surface area contributed by atoms with Crippen LogP contribution in [0.3, 0.4) is 0 Å². The van der Waals surface area contributed by atoms with Crippen molar-refractivity contribution in [1.82, 2.24) is 19.8 Å². The number of pyridine rings is 1. The highest BCUT2D eigenvalue weighted by Gasteiger charge is 2.45. The molecule has 1 saturated heterocycles. The molecule has 2 aromatic heterocycles. The molecule has 3 aliphatic rings. The highest BCUT2D eigenvalue weighted by Crippen LogP contribution is 2.44. The van der Waals surface area contributed by atoms with Crippen molar-refractivity contribution in [2.24, 2.45) is 0 Å². The first-order valence-electron chi connectivity index (χ1n) is 10.5. The second kappa shape index (κ2) is 7.27. The van der Waals surface area contributed by atoms with Crippen LogP contribution in [0.5, 0.6) is 0 Å². The van der Waals surface area contributed by atoms with Gasteiger partial charge in [0.2, 0.25) is 0 Å². The van der Waals surface area contributed by atoms with Crippen LogP contribution < -0.4 is 5.32 Å². The number of thiocarbonyl (C=S) groups is 1. The van der Waals surface area contributed by atoms with E-state index in [0.717, 1.165) is 10.8 Å². The minimum Gasteiger partial charge on any atom is -0.352 e. The van der Waals surface area contributed by atoms with E-state index in [9.17, 15) is 0 Å². The van der Waals surface area contributed by atoms with Crippen molar-refractivity contribution in [1.29, 1.82) is 0 Å². The number of aromatic nitrogens is 2. The second-order valence-electron chi connectivity index (χ2n) is 8.25. The Morgan fingerprint density at radius 2 is 1.67 bits per heavy atom. The minimum atomic E-state index is 0.120. The van der Waals surface area contributed by atoms with Gasteiger partial charge in [-0.3, -0.25) is 4.98 Å². The zero-order valence-electron chi connectivity index (χ0n) is 15.8. The molecule has 1 N–H and O–H groups in total. The van der Waals surface area contributed by atoms with Gasteiger partial charge in [0.25, 0.3) is 0 Å². The summed E-state index contributed by atoms with van der Waals surface area (Å²) in [6.45, 7) is 0. The van der Waals surface area contributed by atoms with Gasteiger partial charge in [-0.25, -0.2) is 0 Å². The van der Waals surface area contributed by atoms with Crippen molar-refractivity contribution in [2.75, 3.05) is 0 Å². The molecule has 27 heavy (non-hydrogen) atoms. The summed E-state index contributed by atoms with van der Waals surface area (Å²) in [5, 5.41) is 4.54. The first-order chi connectivity index (χ1) is 13.3. The van der Waals surface area contributed by atoms with Gasteiger partial charge in [0.1, 0.15) is 0 Å². The van der Waals surface area contributed by atoms with Crippen molar-refractivity contribution in [3.05, 3.63) is 54.1 Å². The molecule has 0 radical (unpaired) electrons. The zero-order chi connectivity index (χ0) is 18.2. The lowest BCUT2D eigenvalue weighted by molar-refractivity contribution is 0.233. The molecule has 0 unspecified atom stereocenters. The Morgan fingerprint density at radius 1 is 0.926 bits per heavy atom. The van der Waals surface area contributed by atoms with Crippen molar-refractivity contribution in [2.45, 2.75) is 75.5 Å². The summed E-state index contributed by atoms with van der Waals surface area (Å²) in [6.07, 6.45) is 14.6. The topological polar surface area (TPSA) is 33.1 Å². The summed E-state index contributed by atoms with van der Waals surface area (Å²) in [5.41, 5.74) is 2.49. The lowest BCUT2D eigenvalue weighted by Crippen LogP contribution is -2.38. The third kappa shape index (κ3) is 3.06. The summed E-state index contributed by atoms with van der Waals surface area (Å²) in [6, 6.07) is 12.3. The fourth-order valence-electron chi connectivity index (χ4n) is 5.43. The summed E-state index contributed by atoms with van der Waals surface area (Å²) >= 11 is 5.86. The monoisotopic (exact) mass is 380 g/mol. The van der Waals surface area contributed by atoms with Crippen LogP contribution in [-0.2, 0) is 0 Å². The molecule has 4 nitrogen and oxygen atoms in total. The van der Waals surface area contributed by atoms with Gasteiger partial charge >= 0.3 is 0 Å². The first kappa shape index (κ1) is 17.2. The van der Waals surface area contributed by atoms with Gasteiger partial charge in [-0.1, -0.05) is 31.7 Å².